The summed E-state index contributed by atoms with van der Waals surface area (Å²) >= 11 is 1.60. The summed E-state index contributed by atoms with van der Waals surface area (Å²) < 4.78 is 0. The summed E-state index contributed by atoms with van der Waals surface area (Å²) in [7, 11) is 0. The number of carboxylic acid groups (broad SMARTS) is 1. The van der Waals surface area contributed by atoms with Crippen LogP contribution in [0.5, 0.6) is 0 Å². The fourth-order valence-electron chi connectivity index (χ4n) is 0.986. The molecule has 21 heavy (non-hydrogen) atoms. The molecule has 0 aliphatic rings. The maximum atomic E-state index is 10.1. The van der Waals surface area contributed by atoms with E-state index in [2.05, 4.69) is 0 Å². The molecule has 0 bridgehead atoms. The first-order chi connectivity index (χ1) is 9.72. The van der Waals surface area contributed by atoms with Gasteiger partial charge in [0.15, 0.2) is 6.29 Å². The molecule has 0 saturated carbocycles. The number of carbonyl (C=O) groups excluding carboxylic acids is 1. The third kappa shape index (κ3) is 10.6. The van der Waals surface area contributed by atoms with E-state index in [1.807, 2.05) is 6.26 Å². The van der Waals surface area contributed by atoms with E-state index < -0.39 is 43.0 Å². The first-order valence-electron chi connectivity index (χ1n) is 5.98. The molecule has 9 nitrogen and oxygen atoms in total. The van der Waals surface area contributed by atoms with Gasteiger partial charge < -0.3 is 41.2 Å². The largest absolute Gasteiger partial charge is 0.480 e. The van der Waals surface area contributed by atoms with E-state index in [9.17, 15) is 9.59 Å². The summed E-state index contributed by atoms with van der Waals surface area (Å²) in [6.45, 7) is -0.760. The van der Waals surface area contributed by atoms with Crippen LogP contribution >= 0.6 is 11.8 Å². The molecular formula is C11H23NO8S. The molecule has 0 aromatic heterocycles. The zero-order valence-corrected chi connectivity index (χ0v) is 12.4. The van der Waals surface area contributed by atoms with Crippen LogP contribution in [0.25, 0.3) is 0 Å². The van der Waals surface area contributed by atoms with E-state index in [0.29, 0.717) is 6.42 Å². The maximum absolute atomic E-state index is 10.1. The van der Waals surface area contributed by atoms with Gasteiger partial charge in [0.05, 0.1) is 6.61 Å². The SMILES string of the molecule is CSCC[C@H](N)C(=O)O.O=C[C@H](O)[C@@H](O)[C@H](O)[C@H](O)CO. The number of nitrogens with two attached hydrogens (primary N) is 1. The van der Waals surface area contributed by atoms with Crippen molar-refractivity contribution in [2.75, 3.05) is 18.6 Å². The van der Waals surface area contributed by atoms with Gasteiger partial charge in [-0.05, 0) is 18.4 Å². The molecule has 0 rings (SSSR count). The Balaban J connectivity index is 0. The third-order valence-corrected chi connectivity index (χ3v) is 3.01. The first kappa shape index (κ1) is 22.5. The minimum atomic E-state index is -1.79. The highest BCUT2D eigenvalue weighted by Crippen LogP contribution is 2.03. The monoisotopic (exact) mass is 329 g/mol. The number of thioether (sulfide) groups is 1. The minimum absolute atomic E-state index is 0.0258. The van der Waals surface area contributed by atoms with Gasteiger partial charge in [0, 0.05) is 0 Å². The topological polar surface area (TPSA) is 182 Å². The van der Waals surface area contributed by atoms with Gasteiger partial charge in [0.2, 0.25) is 0 Å². The van der Waals surface area contributed by atoms with E-state index in [-0.39, 0.29) is 6.29 Å². The average molecular weight is 329 g/mol. The Morgan fingerprint density at radius 3 is 2.10 bits per heavy atom. The fraction of sp³-hybridized carbons (Fsp3) is 0.818. The molecule has 0 aliphatic carbocycles. The van der Waals surface area contributed by atoms with Crippen molar-refractivity contribution in [1.29, 1.82) is 0 Å². The molecular weight excluding hydrogens is 306 g/mol. The van der Waals surface area contributed by atoms with Gasteiger partial charge in [-0.1, -0.05) is 0 Å². The van der Waals surface area contributed by atoms with E-state index in [1.54, 1.807) is 11.8 Å². The van der Waals surface area contributed by atoms with Crippen molar-refractivity contribution in [2.45, 2.75) is 36.9 Å². The summed E-state index contributed by atoms with van der Waals surface area (Å²) in [5.74, 6) is -0.1000. The molecule has 0 aromatic rings. The zero-order chi connectivity index (χ0) is 17.0. The van der Waals surface area contributed by atoms with Crippen molar-refractivity contribution in [3.05, 3.63) is 0 Å². The molecule has 0 fully saturated rings. The molecule has 0 saturated heterocycles. The highest BCUT2D eigenvalue weighted by molar-refractivity contribution is 7.98. The molecule has 0 aromatic carbocycles. The number of hydrogen-bond acceptors (Lipinski definition) is 9. The van der Waals surface area contributed by atoms with Crippen LogP contribution in [-0.4, -0.2) is 92.0 Å². The predicted molar refractivity (Wildman–Crippen MR) is 75.8 cm³/mol. The van der Waals surface area contributed by atoms with Gasteiger partial charge in [-0.2, -0.15) is 11.8 Å². The second-order valence-electron chi connectivity index (χ2n) is 4.08. The van der Waals surface area contributed by atoms with Crippen LogP contribution in [0.4, 0.5) is 0 Å². The average Bonchev–Trinajstić information content (AvgIpc) is 2.49. The lowest BCUT2D eigenvalue weighted by Gasteiger charge is -2.22. The highest BCUT2D eigenvalue weighted by Gasteiger charge is 2.29. The quantitative estimate of drug-likeness (QED) is 0.212. The van der Waals surface area contributed by atoms with Crippen LogP contribution in [0, 0.1) is 0 Å². The smallest absolute Gasteiger partial charge is 0.320 e. The zero-order valence-electron chi connectivity index (χ0n) is 11.6. The molecule has 0 unspecified atom stereocenters. The van der Waals surface area contributed by atoms with Crippen molar-refractivity contribution in [1.82, 2.24) is 0 Å². The normalized spacial score (nSPS) is 17.7. The number of aliphatic hydroxyl groups excluding tert-OH is 5. The van der Waals surface area contributed by atoms with Crippen LogP contribution in [0.3, 0.4) is 0 Å². The molecule has 0 amide bonds. The second-order valence-corrected chi connectivity index (χ2v) is 5.07. The molecule has 0 radical (unpaired) electrons. The number of carboxylic acids is 1. The molecule has 0 spiro atoms. The van der Waals surface area contributed by atoms with Crippen LogP contribution in [0.2, 0.25) is 0 Å². The molecule has 8 N–H and O–H groups in total. The van der Waals surface area contributed by atoms with E-state index in [0.717, 1.165) is 5.75 Å². The number of rotatable bonds is 9. The van der Waals surface area contributed by atoms with Crippen LogP contribution in [0.15, 0.2) is 0 Å². The predicted octanol–water partition coefficient (Wildman–Crippen LogP) is -3.23. The van der Waals surface area contributed by atoms with Gasteiger partial charge in [0.25, 0.3) is 0 Å². The van der Waals surface area contributed by atoms with E-state index in [1.165, 1.54) is 0 Å². The Kier molecular flexibility index (Phi) is 13.9. The molecule has 0 aliphatic heterocycles. The lowest BCUT2D eigenvalue weighted by molar-refractivity contribution is -0.138. The second kappa shape index (κ2) is 13.0. The van der Waals surface area contributed by atoms with Gasteiger partial charge >= 0.3 is 5.97 Å². The number of hydrogen-bond donors (Lipinski definition) is 7. The van der Waals surface area contributed by atoms with Gasteiger partial charge in [-0.3, -0.25) is 4.79 Å². The Labute approximate surface area is 126 Å². The van der Waals surface area contributed by atoms with Crippen LogP contribution in [0.1, 0.15) is 6.42 Å². The highest BCUT2D eigenvalue weighted by atomic mass is 32.2. The fourth-order valence-corrected chi connectivity index (χ4v) is 1.48. The Bertz CT molecular complexity index is 293. The van der Waals surface area contributed by atoms with Crippen LogP contribution in [-0.2, 0) is 9.59 Å². The molecule has 0 heterocycles. The van der Waals surface area contributed by atoms with Gasteiger partial charge in [0.1, 0.15) is 30.5 Å². The molecule has 126 valence electrons. The van der Waals surface area contributed by atoms with Gasteiger partial charge in [-0.15, -0.1) is 0 Å². The summed E-state index contributed by atoms with van der Waals surface area (Å²) in [6.07, 6.45) is -4.36. The van der Waals surface area contributed by atoms with E-state index in [4.69, 9.17) is 36.4 Å². The Morgan fingerprint density at radius 1 is 1.24 bits per heavy atom. The minimum Gasteiger partial charge on any atom is -0.480 e. The van der Waals surface area contributed by atoms with Crippen molar-refractivity contribution in [3.8, 4) is 0 Å². The summed E-state index contributed by atoms with van der Waals surface area (Å²) in [4.78, 5) is 20.0. The first-order valence-corrected chi connectivity index (χ1v) is 7.38. The summed E-state index contributed by atoms with van der Waals surface area (Å²) in [5, 5.41) is 51.8. The number of aliphatic hydroxyl groups is 5. The summed E-state index contributed by atoms with van der Waals surface area (Å²) in [6, 6.07) is -0.683. The van der Waals surface area contributed by atoms with Crippen LogP contribution < -0.4 is 5.73 Å². The molecule has 10 heteroatoms. The maximum Gasteiger partial charge on any atom is 0.320 e. The Hall–Kier alpha value is -0.750. The van der Waals surface area contributed by atoms with Crippen molar-refractivity contribution in [2.24, 2.45) is 5.73 Å². The standard InChI is InChI=1S/C6H12O6.C5H11NO2S/c7-1-3(9)5(11)6(12)4(10)2-8;1-9-3-2-4(6)5(7)8/h1,3-6,8-12H,2H2;4H,2-3,6H2,1H3,(H,7,8)/t3-,4+,5+,6+;4-/m00/s1. The lowest BCUT2D eigenvalue weighted by Crippen LogP contribution is -2.46. The number of aliphatic carboxylic acids is 1. The van der Waals surface area contributed by atoms with Crippen molar-refractivity contribution < 1.29 is 40.2 Å². The van der Waals surface area contributed by atoms with Crippen molar-refractivity contribution >= 4 is 24.0 Å². The Morgan fingerprint density at radius 2 is 1.76 bits per heavy atom. The molecule has 5 atom stereocenters. The van der Waals surface area contributed by atoms with E-state index >= 15 is 0 Å². The van der Waals surface area contributed by atoms with Gasteiger partial charge in [-0.25, -0.2) is 0 Å². The summed E-state index contributed by atoms with van der Waals surface area (Å²) in [5.41, 5.74) is 5.19. The number of carbonyl (C=O) groups is 2. The van der Waals surface area contributed by atoms with Crippen molar-refractivity contribution in [3.63, 3.8) is 0 Å². The lowest BCUT2D eigenvalue weighted by atomic mass is 10.0. The third-order valence-electron chi connectivity index (χ3n) is 2.37. The number of aldehydes is 1.